The van der Waals surface area contributed by atoms with Gasteiger partial charge in [-0.25, -0.2) is 0 Å². The van der Waals surface area contributed by atoms with Crippen LogP contribution in [0.4, 0.5) is 0 Å². The van der Waals surface area contributed by atoms with Gasteiger partial charge in [0.15, 0.2) is 36.9 Å². The van der Waals surface area contributed by atoms with Crippen LogP contribution in [-0.4, -0.2) is 440 Å². The lowest BCUT2D eigenvalue weighted by atomic mass is 9.89. The molecule has 12 rings (SSSR count). The zero-order valence-corrected chi connectivity index (χ0v) is 87.1. The van der Waals surface area contributed by atoms with Crippen LogP contribution in [0.3, 0.4) is 0 Å². The topological polar surface area (TPSA) is 518 Å². The third-order valence-electron chi connectivity index (χ3n) is 23.2. The Morgan fingerprint density at radius 2 is 0.759 bits per heavy atom. The summed E-state index contributed by atoms with van der Waals surface area (Å²) < 4.78 is 35.5. The first-order chi connectivity index (χ1) is 61.3. The highest BCUT2D eigenvalue weighted by Crippen LogP contribution is 2.46. The van der Waals surface area contributed by atoms with Gasteiger partial charge >= 0.3 is 0 Å². The molecule has 5 amide bonds. The van der Waals surface area contributed by atoms with Crippen LogP contribution < -0.4 is 37.6 Å². The van der Waals surface area contributed by atoms with Crippen molar-refractivity contribution >= 4 is 148 Å². The minimum atomic E-state index is -1.26. The second-order valence-electron chi connectivity index (χ2n) is 39.1. The zero-order valence-electron chi connectivity index (χ0n) is 78.7. The second-order valence-corrected chi connectivity index (χ2v) is 66.6. The van der Waals surface area contributed by atoms with E-state index < -0.39 is 194 Å². The number of nitrogens with zero attached hydrogens (tertiary/aromatic N) is 5. The molecule has 0 aliphatic carbocycles. The van der Waals surface area contributed by atoms with Crippen molar-refractivity contribution in [3.8, 4) is 0 Å². The summed E-state index contributed by atoms with van der Waals surface area (Å²) in [5.41, 5.74) is 6.86. The molecule has 44 heteroatoms. The van der Waals surface area contributed by atoms with Gasteiger partial charge in [0.2, 0.25) is 5.91 Å². The van der Waals surface area contributed by atoms with Crippen LogP contribution in [-0.2, 0) is 52.4 Å². The van der Waals surface area contributed by atoms with E-state index in [4.69, 9.17) is 46.4 Å². The number of carbonyl (C=O) groups is 5. The average Bonchev–Trinajstić information content (AvgIpc) is 1.67. The minimum absolute atomic E-state index is 0.0931. The van der Waals surface area contributed by atoms with E-state index in [9.17, 15) is 90.4 Å². The number of nitrogens with two attached hydrogens (primary N) is 1. The van der Waals surface area contributed by atoms with Gasteiger partial charge in [-0.1, -0.05) is 69.9 Å². The number of hydrogen-bond acceptors (Lipinski definition) is 31. The monoisotopic (exact) mass is 2110 g/mol. The zero-order chi connectivity index (χ0) is 100. The van der Waals surface area contributed by atoms with Crippen molar-refractivity contribution in [3.05, 3.63) is 144 Å². The van der Waals surface area contributed by atoms with E-state index in [0.29, 0.717) is 101 Å². The summed E-state index contributed by atoms with van der Waals surface area (Å²) >= 11 is 6.93. The Kier molecular flexibility index (Phi) is 41.6. The van der Waals surface area contributed by atoms with Crippen molar-refractivity contribution in [2.45, 2.75) is 199 Å². The van der Waals surface area contributed by atoms with Crippen LogP contribution in [0.5, 0.6) is 0 Å². The summed E-state index contributed by atoms with van der Waals surface area (Å²) in [4.78, 5) is 66.1. The fourth-order valence-corrected chi connectivity index (χ4v) is 21.8. The van der Waals surface area contributed by atoms with E-state index in [1.165, 1.54) is 9.80 Å². The van der Waals surface area contributed by atoms with Crippen LogP contribution in [0.2, 0.25) is 0 Å². The molecule has 133 heavy (non-hydrogen) atoms. The van der Waals surface area contributed by atoms with Gasteiger partial charge in [-0.05, 0) is 191 Å². The average molecular weight is 2110 g/mol. The Labute approximate surface area is 802 Å². The smallest absolute Gasteiger partial charge is 0.293 e. The summed E-state index contributed by atoms with van der Waals surface area (Å²) in [6.45, 7) is 43.3. The minimum Gasteiger partial charge on any atom is -0.502 e. The molecule has 12 aliphatic rings. The summed E-state index contributed by atoms with van der Waals surface area (Å²) in [5, 5.41) is 148. The highest BCUT2D eigenvalue weighted by atomic mass is 127. The van der Waals surface area contributed by atoms with Gasteiger partial charge in [-0.15, -0.1) is 79.1 Å². The van der Waals surface area contributed by atoms with E-state index >= 15 is 0 Å². The molecule has 21 N–H and O–H groups in total. The first-order valence-corrected chi connectivity index (χ1v) is 63.4. The van der Waals surface area contributed by atoms with Crippen LogP contribution in [0.15, 0.2) is 144 Å². The maximum absolute atomic E-state index is 12.0. The number of rotatable bonds is 26. The third-order valence-corrected chi connectivity index (χ3v) is 33.1. The molecule has 0 spiro atoms. The molecule has 7 saturated heterocycles. The van der Waals surface area contributed by atoms with E-state index in [0.717, 1.165) is 43.2 Å². The normalized spacial score (nSPS) is 33.3. The molecule has 0 aromatic heterocycles. The van der Waals surface area contributed by atoms with Gasteiger partial charge in [0.05, 0.1) is 58.1 Å². The Morgan fingerprint density at radius 1 is 0.429 bits per heavy atom. The summed E-state index contributed by atoms with van der Waals surface area (Å²) in [5.74, 6) is -0.602. The van der Waals surface area contributed by atoms with Gasteiger partial charge in [-0.2, -0.15) is 0 Å². The summed E-state index contributed by atoms with van der Waals surface area (Å²) in [6, 6.07) is 0. The lowest BCUT2D eigenvalue weighted by molar-refractivity contribution is -0.128. The fraction of sp³-hybridized carbons (Fsp3) is 0.596. The fourth-order valence-electron chi connectivity index (χ4n) is 15.5. The molecular weight excluding hydrogens is 1970 g/mol. The highest BCUT2D eigenvalue weighted by molar-refractivity contribution is 14.1. The molecule has 25 atom stereocenters. The van der Waals surface area contributed by atoms with Crippen molar-refractivity contribution in [2.24, 2.45) is 11.7 Å². The molecule has 0 saturated carbocycles. The van der Waals surface area contributed by atoms with Crippen molar-refractivity contribution in [1.29, 1.82) is 0 Å². The molecule has 750 valence electrons. The van der Waals surface area contributed by atoms with Crippen molar-refractivity contribution < 1.29 is 119 Å². The quantitative estimate of drug-likeness (QED) is 0.0333. The predicted molar refractivity (Wildman–Crippen MR) is 552 cm³/mol. The number of amides is 5. The number of carbonyl (C=O) groups excluding carboxylic acids is 5. The molecule has 25 unspecified atom stereocenters. The lowest BCUT2D eigenvalue weighted by Gasteiger charge is -2.36. The molecule has 0 aromatic carbocycles. The molecule has 36 nitrogen and oxygen atoms in total. The van der Waals surface area contributed by atoms with Crippen LogP contribution in [0.25, 0.3) is 0 Å². The maximum atomic E-state index is 12.0. The number of hydrogen-bond donors (Lipinski definition) is 20. The van der Waals surface area contributed by atoms with E-state index in [1.54, 1.807) is 64.5 Å². The molecule has 0 aromatic rings. The second kappa shape index (κ2) is 48.2. The molecule has 12 aliphatic heterocycles. The Balaban J connectivity index is 0.000000218. The molecule has 0 radical (unpaired) electrons. The number of ether oxygens (including phenoxy) is 6. The molecule has 7 fully saturated rings. The lowest BCUT2D eigenvalue weighted by Crippen LogP contribution is -2.51. The summed E-state index contributed by atoms with van der Waals surface area (Å²) in [6.07, 6.45) is 27.9. The number of nitrogens with one attached hydrogen (secondary N) is 6. The third kappa shape index (κ3) is 32.9. The number of aliphatic hydroxyl groups excluding tert-OH is 13. The predicted octanol–water partition coefficient (Wildman–Crippen LogP) is 1.74. The number of thiocarbonyl (C=S) groups is 1. The van der Waals surface area contributed by atoms with Crippen molar-refractivity contribution in [3.63, 3.8) is 0 Å². The SMILES string of the molecule is C=C1NC(=O)C(/C=C/CN)=CN1C1OC(CCP(=C)(C)C)C(O)C1O.C=C1NC(=O)C(C)=CC1C1OC(CCP(=C)(C)C)C(O)C1O.C=C1NC(=O)C(I)=CN1C1OC(CCP(=C)(C)C)C(O)C1O.C=C1NC(=O)C(O)=CN1C1OC(CCP(=C)(C)C)C(O)C1O.C=C1NC(=O)CCN1C1OC(CCP(=C)(C)C)C(O)C1O.C=C1NC(=S)C=CN1C1OC(CCP(=C)(C)C)C(O)C1O. The van der Waals surface area contributed by atoms with Crippen molar-refractivity contribution in [2.75, 3.05) is 130 Å². The molecule has 0 bridgehead atoms. The maximum Gasteiger partial charge on any atom is 0.293 e. The number of aliphatic hydroxyl groups is 13. The Bertz CT molecular complexity index is 4570. The Morgan fingerprint density at radius 3 is 1.14 bits per heavy atom. The van der Waals surface area contributed by atoms with Crippen LogP contribution in [0.1, 0.15) is 51.9 Å². The van der Waals surface area contributed by atoms with Crippen molar-refractivity contribution in [1.82, 2.24) is 56.4 Å². The van der Waals surface area contributed by atoms with Gasteiger partial charge in [0.25, 0.3) is 23.6 Å². The molecular formula is C89H147IN12O24P6S. The van der Waals surface area contributed by atoms with E-state index in [1.807, 2.05) is 22.6 Å². The van der Waals surface area contributed by atoms with Crippen LogP contribution in [0, 0.1) is 5.92 Å². The first-order valence-electron chi connectivity index (χ1n) is 43.6. The molecule has 12 heterocycles. The van der Waals surface area contributed by atoms with E-state index in [-0.39, 0.29) is 47.3 Å². The van der Waals surface area contributed by atoms with Gasteiger partial charge < -0.3 is 157 Å². The van der Waals surface area contributed by atoms with Gasteiger partial charge in [0.1, 0.15) is 107 Å². The number of halogens is 1. The first kappa shape index (κ1) is 115. The standard InChI is InChI=1S/C17H28N3O4P.C16H26NO4P.C14H22IN2O4P.C14H23N2O5P.C14H25N2O4P.C14H23N2O3PS/c1-11-19-16(23)12(6-5-8-18)10-20(11)17-15(22)14(21)13(24-17)7-9-25(2,3)4;1-9-8-11(10(2)17-16(9)20)15-14(19)13(18)12(21-15)6-7-22(3,4)5;1-8-16-13(20)9(15)7-17(8)14-12(19)11(18)10(21-14)5-6-22(2,3)4;1-8-15-13(20)9(17)7-16(8)14-12(19)11(18)10(21-14)5-6-22(2,3)4;1-9-15-11(17)5-7-16(9)14-13(19)12(18)10(20-14)6-8-21(2,3)4;1-9-15-11(21)5-7-16(9)14-13(18)12(17)10(19-14)6-8-20(2,3)4/h5-6,10,13-15,17,21-22H,1-2,7-9,18H2,3-4H3,(H,19,23);8,11-15,18-19H,2-3,6-7H2,1,4-5H3,(H,17,20);7,10-12,14,18-19H,1-2,5-6H2,3-4H3,(H,16,20);7,10-12,14,17-19H,1-2,5-6H2,3-4H3,(H,15,20);10,12-14,18-19H,1-2,5-8H2,3-4H3,(H,15,17);5,7,10,12-14,17-18H,1-2,6,8H2,3-4H3,(H,15,21)/b6-5+;;;;;. The van der Waals surface area contributed by atoms with Gasteiger partial charge in [-0.3, -0.25) is 24.0 Å². The highest BCUT2D eigenvalue weighted by Gasteiger charge is 2.53. The van der Waals surface area contributed by atoms with E-state index in [2.05, 4.69) is 189 Å². The van der Waals surface area contributed by atoms with Crippen LogP contribution >= 0.6 is 76.1 Å². The largest absolute Gasteiger partial charge is 0.502 e. The Hall–Kier alpha value is -5.31. The summed E-state index contributed by atoms with van der Waals surface area (Å²) in [7, 11) is 0. The van der Waals surface area contributed by atoms with Gasteiger partial charge in [0, 0.05) is 55.3 Å².